The fourth-order valence-corrected chi connectivity index (χ4v) is 1.63. The van der Waals surface area contributed by atoms with E-state index in [0.29, 0.717) is 13.2 Å². The smallest absolute Gasteiger partial charge is 0.407 e. The monoisotopic (exact) mass is 185 g/mol. The zero-order chi connectivity index (χ0) is 9.84. The molecule has 1 aliphatic heterocycles. The maximum Gasteiger partial charge on any atom is 0.407 e. The Balaban J connectivity index is 2.55. The quantitative estimate of drug-likeness (QED) is 0.675. The molecule has 74 valence electrons. The maximum atomic E-state index is 10.7. The van der Waals surface area contributed by atoms with Crippen molar-refractivity contribution in [3.8, 4) is 0 Å². The molecule has 1 aliphatic rings. The van der Waals surface area contributed by atoms with Gasteiger partial charge < -0.3 is 9.84 Å². The summed E-state index contributed by atoms with van der Waals surface area (Å²) in [6.45, 7) is 6.60. The van der Waals surface area contributed by atoms with E-state index in [4.69, 9.17) is 9.84 Å². The number of hydrogen-bond acceptors (Lipinski definition) is 2. The summed E-state index contributed by atoms with van der Waals surface area (Å²) in [7, 11) is 0. The molecule has 1 heterocycles. The van der Waals surface area contributed by atoms with Gasteiger partial charge in [-0.25, -0.2) is 4.79 Å². The molecule has 13 heavy (non-hydrogen) atoms. The molecule has 1 saturated heterocycles. The largest absolute Gasteiger partial charge is 0.465 e. The van der Waals surface area contributed by atoms with Crippen LogP contribution in [0.4, 0.5) is 4.79 Å². The van der Waals surface area contributed by atoms with Crippen LogP contribution < -0.4 is 0 Å². The molecular formula is C9H15NO3. The second-order valence-electron chi connectivity index (χ2n) is 3.05. The molecule has 0 radical (unpaired) electrons. The van der Waals surface area contributed by atoms with Crippen LogP contribution in [-0.2, 0) is 4.74 Å². The molecule has 4 heteroatoms. The van der Waals surface area contributed by atoms with Gasteiger partial charge in [0.25, 0.3) is 0 Å². The van der Waals surface area contributed by atoms with Crippen LogP contribution in [0, 0.1) is 0 Å². The number of hydrogen-bond donors (Lipinski definition) is 1. The summed E-state index contributed by atoms with van der Waals surface area (Å²) in [6.07, 6.45) is 1.52. The predicted octanol–water partition coefficient (Wildman–Crippen LogP) is 1.33. The Morgan fingerprint density at radius 2 is 2.54 bits per heavy atom. The van der Waals surface area contributed by atoms with E-state index in [2.05, 4.69) is 6.58 Å². The first kappa shape index (κ1) is 10.1. The Morgan fingerprint density at radius 1 is 1.85 bits per heavy atom. The minimum absolute atomic E-state index is 0.0316. The Bertz CT molecular complexity index is 205. The van der Waals surface area contributed by atoms with Gasteiger partial charge in [0.15, 0.2) is 0 Å². The average molecular weight is 185 g/mol. The summed E-state index contributed by atoms with van der Waals surface area (Å²) in [5.74, 6) is 0. The number of rotatable bonds is 3. The van der Waals surface area contributed by atoms with Crippen LogP contribution in [0.1, 0.15) is 13.3 Å². The van der Waals surface area contributed by atoms with Crippen molar-refractivity contribution in [1.29, 1.82) is 0 Å². The normalized spacial score (nSPS) is 27.6. The van der Waals surface area contributed by atoms with Gasteiger partial charge in [0.05, 0.1) is 18.7 Å². The van der Waals surface area contributed by atoms with Crippen molar-refractivity contribution in [3.63, 3.8) is 0 Å². The van der Waals surface area contributed by atoms with Crippen LogP contribution in [0.5, 0.6) is 0 Å². The zero-order valence-corrected chi connectivity index (χ0v) is 7.77. The number of nitrogens with zero attached hydrogens (tertiary/aromatic N) is 1. The Kier molecular flexibility index (Phi) is 3.31. The molecule has 2 atom stereocenters. The minimum Gasteiger partial charge on any atom is -0.465 e. The van der Waals surface area contributed by atoms with Crippen molar-refractivity contribution < 1.29 is 14.6 Å². The molecule has 1 fully saturated rings. The van der Waals surface area contributed by atoms with Crippen molar-refractivity contribution >= 4 is 6.09 Å². The minimum atomic E-state index is -0.896. The van der Waals surface area contributed by atoms with Gasteiger partial charge in [-0.15, -0.1) is 6.58 Å². The molecule has 1 amide bonds. The summed E-state index contributed by atoms with van der Waals surface area (Å²) in [5.41, 5.74) is 0. The van der Waals surface area contributed by atoms with Gasteiger partial charge >= 0.3 is 6.09 Å². The Labute approximate surface area is 77.8 Å². The van der Waals surface area contributed by atoms with Crippen LogP contribution in [0.2, 0.25) is 0 Å². The van der Waals surface area contributed by atoms with Gasteiger partial charge in [0.2, 0.25) is 0 Å². The van der Waals surface area contributed by atoms with Gasteiger partial charge in [-0.2, -0.15) is 0 Å². The molecule has 0 aliphatic carbocycles. The lowest BCUT2D eigenvalue weighted by molar-refractivity contribution is 0.0679. The van der Waals surface area contributed by atoms with E-state index in [0.717, 1.165) is 6.42 Å². The Morgan fingerprint density at radius 3 is 2.92 bits per heavy atom. The van der Waals surface area contributed by atoms with Gasteiger partial charge in [-0.3, -0.25) is 4.90 Å². The van der Waals surface area contributed by atoms with Crippen molar-refractivity contribution in [1.82, 2.24) is 4.90 Å². The third-order valence-corrected chi connectivity index (χ3v) is 2.23. The first-order valence-corrected chi connectivity index (χ1v) is 4.42. The molecule has 0 spiro atoms. The summed E-state index contributed by atoms with van der Waals surface area (Å²) in [4.78, 5) is 12.1. The zero-order valence-electron chi connectivity index (χ0n) is 7.77. The van der Waals surface area contributed by atoms with Gasteiger partial charge in [0, 0.05) is 6.61 Å². The fourth-order valence-electron chi connectivity index (χ4n) is 1.63. The highest BCUT2D eigenvalue weighted by Gasteiger charge is 2.33. The molecule has 1 unspecified atom stereocenters. The summed E-state index contributed by atoms with van der Waals surface area (Å²) < 4.78 is 5.36. The molecule has 1 N–H and O–H groups in total. The number of amides is 1. The highest BCUT2D eigenvalue weighted by atomic mass is 16.5. The first-order valence-electron chi connectivity index (χ1n) is 4.42. The van der Waals surface area contributed by atoms with Gasteiger partial charge in [-0.1, -0.05) is 6.08 Å². The van der Waals surface area contributed by atoms with E-state index in [9.17, 15) is 4.79 Å². The molecule has 4 nitrogen and oxygen atoms in total. The van der Waals surface area contributed by atoms with E-state index >= 15 is 0 Å². The van der Waals surface area contributed by atoms with Crippen LogP contribution in [0.15, 0.2) is 12.7 Å². The molecule has 0 aromatic heterocycles. The first-order chi connectivity index (χ1) is 6.19. The lowest BCUT2D eigenvalue weighted by Gasteiger charge is -2.16. The third kappa shape index (κ3) is 2.21. The van der Waals surface area contributed by atoms with E-state index in [1.165, 1.54) is 4.90 Å². The van der Waals surface area contributed by atoms with E-state index in [-0.39, 0.29) is 12.1 Å². The summed E-state index contributed by atoms with van der Waals surface area (Å²) in [6, 6.07) is -0.0888. The second kappa shape index (κ2) is 4.28. The standard InChI is InChI=1S/C9H15NO3/c1-3-7-5-8(13-4-2)6-10(7)9(11)12/h3,7-8H,1,4-6H2,2H3,(H,11,12)/t7?,8-/m1/s1. The summed E-state index contributed by atoms with van der Waals surface area (Å²) in [5, 5.41) is 8.82. The Hall–Kier alpha value is -1.03. The number of ether oxygens (including phenoxy) is 1. The summed E-state index contributed by atoms with van der Waals surface area (Å²) >= 11 is 0. The molecule has 0 aromatic rings. The molecule has 1 rings (SSSR count). The van der Waals surface area contributed by atoms with E-state index in [1.807, 2.05) is 6.92 Å². The highest BCUT2D eigenvalue weighted by molar-refractivity contribution is 5.66. The van der Waals surface area contributed by atoms with Crippen molar-refractivity contribution in [2.24, 2.45) is 0 Å². The van der Waals surface area contributed by atoms with Crippen LogP contribution in [0.3, 0.4) is 0 Å². The number of carbonyl (C=O) groups is 1. The van der Waals surface area contributed by atoms with Gasteiger partial charge in [-0.05, 0) is 13.3 Å². The molecular weight excluding hydrogens is 170 g/mol. The van der Waals surface area contributed by atoms with Crippen molar-refractivity contribution in [3.05, 3.63) is 12.7 Å². The topological polar surface area (TPSA) is 49.8 Å². The maximum absolute atomic E-state index is 10.7. The number of likely N-dealkylation sites (tertiary alicyclic amines) is 1. The second-order valence-corrected chi connectivity index (χ2v) is 3.05. The molecule has 0 bridgehead atoms. The molecule has 0 aromatic carbocycles. The SMILES string of the molecule is C=CC1C[C@@H](OCC)CN1C(=O)O. The van der Waals surface area contributed by atoms with E-state index in [1.54, 1.807) is 6.08 Å². The molecule has 0 saturated carbocycles. The van der Waals surface area contributed by atoms with Crippen molar-refractivity contribution in [2.75, 3.05) is 13.2 Å². The third-order valence-electron chi connectivity index (χ3n) is 2.23. The average Bonchev–Trinajstić information content (AvgIpc) is 2.48. The highest BCUT2D eigenvalue weighted by Crippen LogP contribution is 2.20. The van der Waals surface area contributed by atoms with Crippen LogP contribution in [-0.4, -0.2) is 41.4 Å². The predicted molar refractivity (Wildman–Crippen MR) is 48.7 cm³/mol. The van der Waals surface area contributed by atoms with Crippen LogP contribution >= 0.6 is 0 Å². The lowest BCUT2D eigenvalue weighted by atomic mass is 10.2. The lowest BCUT2D eigenvalue weighted by Crippen LogP contribution is -2.33. The van der Waals surface area contributed by atoms with Crippen molar-refractivity contribution in [2.45, 2.75) is 25.5 Å². The van der Waals surface area contributed by atoms with Crippen LogP contribution in [0.25, 0.3) is 0 Å². The number of carboxylic acid groups (broad SMARTS) is 1. The van der Waals surface area contributed by atoms with Gasteiger partial charge in [0.1, 0.15) is 0 Å². The van der Waals surface area contributed by atoms with E-state index < -0.39 is 6.09 Å². The fraction of sp³-hybridized carbons (Fsp3) is 0.667.